The predicted molar refractivity (Wildman–Crippen MR) is 61.5 cm³/mol. The Kier molecular flexibility index (Phi) is 4.28. The van der Waals surface area contributed by atoms with Gasteiger partial charge in [0.25, 0.3) is 0 Å². The SMILES string of the molecule is CCN1CCOC(COc2ccc(F)nc2)C1. The molecule has 1 aliphatic rings. The highest BCUT2D eigenvalue weighted by molar-refractivity contribution is 5.16. The molecule has 2 heterocycles. The summed E-state index contributed by atoms with van der Waals surface area (Å²) in [6.45, 7) is 6.23. The molecular formula is C12H17FN2O2. The molecule has 1 aromatic rings. The second kappa shape index (κ2) is 5.93. The molecule has 17 heavy (non-hydrogen) atoms. The van der Waals surface area contributed by atoms with Gasteiger partial charge in [0, 0.05) is 13.1 Å². The highest BCUT2D eigenvalue weighted by Crippen LogP contribution is 2.11. The number of ether oxygens (including phenoxy) is 2. The monoisotopic (exact) mass is 240 g/mol. The minimum Gasteiger partial charge on any atom is -0.489 e. The van der Waals surface area contributed by atoms with Crippen molar-refractivity contribution in [3.05, 3.63) is 24.3 Å². The van der Waals surface area contributed by atoms with Gasteiger partial charge in [-0.1, -0.05) is 6.92 Å². The number of morpholine rings is 1. The minimum absolute atomic E-state index is 0.0775. The second-order valence-corrected chi connectivity index (χ2v) is 4.01. The summed E-state index contributed by atoms with van der Waals surface area (Å²) >= 11 is 0. The van der Waals surface area contributed by atoms with Crippen LogP contribution in [0.15, 0.2) is 18.3 Å². The van der Waals surface area contributed by atoms with Crippen LogP contribution in [-0.2, 0) is 4.74 Å². The van der Waals surface area contributed by atoms with Crippen molar-refractivity contribution in [1.29, 1.82) is 0 Å². The standard InChI is InChI=1S/C12H17FN2O2/c1-2-15-5-6-16-11(8-15)9-17-10-3-4-12(13)14-7-10/h3-4,7,11H,2,5-6,8-9H2,1H3. The van der Waals surface area contributed by atoms with Crippen molar-refractivity contribution >= 4 is 0 Å². The molecule has 1 fully saturated rings. The molecule has 0 radical (unpaired) electrons. The number of hydrogen-bond acceptors (Lipinski definition) is 4. The van der Waals surface area contributed by atoms with Gasteiger partial charge in [0.05, 0.1) is 12.8 Å². The molecular weight excluding hydrogens is 223 g/mol. The largest absolute Gasteiger partial charge is 0.489 e. The average Bonchev–Trinajstić information content (AvgIpc) is 2.38. The molecule has 1 aromatic heterocycles. The van der Waals surface area contributed by atoms with Crippen LogP contribution in [-0.4, -0.2) is 48.8 Å². The number of likely N-dealkylation sites (N-methyl/N-ethyl adjacent to an activating group) is 1. The maximum absolute atomic E-state index is 12.6. The van der Waals surface area contributed by atoms with Crippen molar-refractivity contribution in [2.75, 3.05) is 32.8 Å². The molecule has 4 nitrogen and oxygen atoms in total. The Balaban J connectivity index is 1.79. The Morgan fingerprint density at radius 3 is 3.18 bits per heavy atom. The van der Waals surface area contributed by atoms with Crippen LogP contribution in [0.1, 0.15) is 6.92 Å². The number of pyridine rings is 1. The maximum atomic E-state index is 12.6. The minimum atomic E-state index is -0.497. The Morgan fingerprint density at radius 1 is 1.59 bits per heavy atom. The Labute approximate surface area is 100 Å². The van der Waals surface area contributed by atoms with E-state index in [2.05, 4.69) is 16.8 Å². The lowest BCUT2D eigenvalue weighted by molar-refractivity contribution is -0.0464. The number of nitrogens with zero attached hydrogens (tertiary/aromatic N) is 2. The fourth-order valence-electron chi connectivity index (χ4n) is 1.81. The van der Waals surface area contributed by atoms with E-state index in [0.29, 0.717) is 12.4 Å². The van der Waals surface area contributed by atoms with Gasteiger partial charge >= 0.3 is 0 Å². The third-order valence-corrected chi connectivity index (χ3v) is 2.81. The molecule has 0 aliphatic carbocycles. The number of halogens is 1. The molecule has 5 heteroatoms. The van der Waals surface area contributed by atoms with Gasteiger partial charge in [-0.3, -0.25) is 4.90 Å². The highest BCUT2D eigenvalue weighted by Gasteiger charge is 2.19. The lowest BCUT2D eigenvalue weighted by Gasteiger charge is -2.31. The molecule has 0 aromatic carbocycles. The van der Waals surface area contributed by atoms with Crippen LogP contribution >= 0.6 is 0 Å². The van der Waals surface area contributed by atoms with Crippen LogP contribution in [0.25, 0.3) is 0 Å². The molecule has 1 saturated heterocycles. The van der Waals surface area contributed by atoms with E-state index < -0.39 is 5.95 Å². The van der Waals surface area contributed by atoms with E-state index in [4.69, 9.17) is 9.47 Å². The first kappa shape index (κ1) is 12.3. The first-order valence-electron chi connectivity index (χ1n) is 5.86. The summed E-state index contributed by atoms with van der Waals surface area (Å²) in [6, 6.07) is 2.86. The van der Waals surface area contributed by atoms with Crippen molar-refractivity contribution in [3.63, 3.8) is 0 Å². The molecule has 0 N–H and O–H groups in total. The van der Waals surface area contributed by atoms with Crippen LogP contribution in [0, 0.1) is 5.95 Å². The van der Waals surface area contributed by atoms with Crippen LogP contribution in [0.4, 0.5) is 4.39 Å². The molecule has 1 unspecified atom stereocenters. The van der Waals surface area contributed by atoms with Crippen LogP contribution in [0.5, 0.6) is 5.75 Å². The average molecular weight is 240 g/mol. The topological polar surface area (TPSA) is 34.6 Å². The molecule has 2 rings (SSSR count). The van der Waals surface area contributed by atoms with E-state index >= 15 is 0 Å². The van der Waals surface area contributed by atoms with E-state index in [-0.39, 0.29) is 6.10 Å². The van der Waals surface area contributed by atoms with E-state index in [9.17, 15) is 4.39 Å². The van der Waals surface area contributed by atoms with Gasteiger partial charge in [-0.15, -0.1) is 0 Å². The van der Waals surface area contributed by atoms with Crippen LogP contribution in [0.3, 0.4) is 0 Å². The van der Waals surface area contributed by atoms with Crippen molar-refractivity contribution < 1.29 is 13.9 Å². The Hall–Kier alpha value is -1.20. The third-order valence-electron chi connectivity index (χ3n) is 2.81. The van der Waals surface area contributed by atoms with Gasteiger partial charge in [-0.25, -0.2) is 4.98 Å². The Morgan fingerprint density at radius 2 is 2.47 bits per heavy atom. The summed E-state index contributed by atoms with van der Waals surface area (Å²) in [5, 5.41) is 0. The van der Waals surface area contributed by atoms with E-state index in [0.717, 1.165) is 26.2 Å². The number of hydrogen-bond donors (Lipinski definition) is 0. The number of aromatic nitrogens is 1. The van der Waals surface area contributed by atoms with E-state index in [1.807, 2.05) is 0 Å². The van der Waals surface area contributed by atoms with Gasteiger partial charge < -0.3 is 9.47 Å². The Bertz CT molecular complexity index is 345. The van der Waals surface area contributed by atoms with Crippen molar-refractivity contribution in [3.8, 4) is 5.75 Å². The van der Waals surface area contributed by atoms with Gasteiger partial charge in [0.15, 0.2) is 0 Å². The summed E-state index contributed by atoms with van der Waals surface area (Å²) in [6.07, 6.45) is 1.46. The van der Waals surface area contributed by atoms with Crippen molar-refractivity contribution in [2.45, 2.75) is 13.0 Å². The zero-order chi connectivity index (χ0) is 12.1. The quantitative estimate of drug-likeness (QED) is 0.743. The molecule has 0 spiro atoms. The molecule has 0 saturated carbocycles. The molecule has 0 amide bonds. The summed E-state index contributed by atoms with van der Waals surface area (Å²) in [4.78, 5) is 5.85. The lowest BCUT2D eigenvalue weighted by Crippen LogP contribution is -2.44. The molecule has 94 valence electrons. The highest BCUT2D eigenvalue weighted by atomic mass is 19.1. The summed E-state index contributed by atoms with van der Waals surface area (Å²) in [7, 11) is 0. The van der Waals surface area contributed by atoms with E-state index in [1.54, 1.807) is 6.07 Å². The van der Waals surface area contributed by atoms with Gasteiger partial charge in [0.1, 0.15) is 18.5 Å². The van der Waals surface area contributed by atoms with Crippen molar-refractivity contribution in [2.24, 2.45) is 0 Å². The zero-order valence-corrected chi connectivity index (χ0v) is 9.93. The first-order chi connectivity index (χ1) is 8.28. The van der Waals surface area contributed by atoms with Gasteiger partial charge in [-0.05, 0) is 18.7 Å². The first-order valence-corrected chi connectivity index (χ1v) is 5.86. The van der Waals surface area contributed by atoms with Crippen LogP contribution < -0.4 is 4.74 Å². The summed E-state index contributed by atoms with van der Waals surface area (Å²) < 4.78 is 23.7. The molecule has 1 atom stereocenters. The van der Waals surface area contributed by atoms with Crippen LogP contribution in [0.2, 0.25) is 0 Å². The van der Waals surface area contributed by atoms with Gasteiger partial charge in [0.2, 0.25) is 5.95 Å². The fourth-order valence-corrected chi connectivity index (χ4v) is 1.81. The van der Waals surface area contributed by atoms with E-state index in [1.165, 1.54) is 12.3 Å². The smallest absolute Gasteiger partial charge is 0.213 e. The fraction of sp³-hybridized carbons (Fsp3) is 0.583. The lowest BCUT2D eigenvalue weighted by atomic mass is 10.3. The van der Waals surface area contributed by atoms with Crippen molar-refractivity contribution in [1.82, 2.24) is 9.88 Å². The molecule has 1 aliphatic heterocycles. The maximum Gasteiger partial charge on any atom is 0.213 e. The molecule has 0 bridgehead atoms. The number of rotatable bonds is 4. The zero-order valence-electron chi connectivity index (χ0n) is 9.93. The van der Waals surface area contributed by atoms with Gasteiger partial charge in [-0.2, -0.15) is 4.39 Å². The predicted octanol–water partition coefficient (Wildman–Crippen LogP) is 1.32. The second-order valence-electron chi connectivity index (χ2n) is 4.01. The normalized spacial score (nSPS) is 21.4. The third kappa shape index (κ3) is 3.64. The summed E-state index contributed by atoms with van der Waals surface area (Å²) in [5.41, 5.74) is 0. The summed E-state index contributed by atoms with van der Waals surface area (Å²) in [5.74, 6) is 0.0760.